The van der Waals surface area contributed by atoms with Gasteiger partial charge >= 0.3 is 11.9 Å². The number of carboxylic acids is 1. The maximum absolute atomic E-state index is 13.3. The number of ether oxygens (including phenoxy) is 2. The SMILES string of the molecule is CC(C)(C)COC(=O)Cc1ccc2c(c1)N(S(=O)(=O)c1ccc(F)cc1)C[C@H](CC(=O)O)O2. The Morgan fingerprint density at radius 1 is 1.18 bits per heavy atom. The Hall–Kier alpha value is -3.14. The molecule has 1 heterocycles. The zero-order valence-corrected chi connectivity index (χ0v) is 19.4. The Balaban J connectivity index is 1.94. The molecule has 1 aliphatic heterocycles. The summed E-state index contributed by atoms with van der Waals surface area (Å²) in [4.78, 5) is 23.3. The van der Waals surface area contributed by atoms with E-state index in [-0.39, 0.29) is 41.3 Å². The van der Waals surface area contributed by atoms with Crippen molar-refractivity contribution >= 4 is 27.6 Å². The van der Waals surface area contributed by atoms with Crippen LogP contribution in [0.4, 0.5) is 10.1 Å². The van der Waals surface area contributed by atoms with Gasteiger partial charge in [0.05, 0.1) is 36.6 Å². The lowest BCUT2D eigenvalue weighted by Crippen LogP contribution is -2.44. The molecule has 0 aliphatic carbocycles. The van der Waals surface area contributed by atoms with Crippen LogP contribution in [-0.2, 0) is 30.8 Å². The third-order valence-corrected chi connectivity index (χ3v) is 6.57. The first-order valence-electron chi connectivity index (χ1n) is 10.3. The number of fused-ring (bicyclic) bond motifs is 1. The number of esters is 1. The van der Waals surface area contributed by atoms with Crippen LogP contribution in [0.15, 0.2) is 47.4 Å². The number of carbonyl (C=O) groups is 2. The van der Waals surface area contributed by atoms with Crippen molar-refractivity contribution in [2.45, 2.75) is 44.6 Å². The molecule has 1 N–H and O–H groups in total. The van der Waals surface area contributed by atoms with Crippen molar-refractivity contribution in [3.05, 3.63) is 53.8 Å². The van der Waals surface area contributed by atoms with E-state index in [9.17, 15) is 22.4 Å². The minimum atomic E-state index is -4.16. The van der Waals surface area contributed by atoms with E-state index in [1.54, 1.807) is 6.07 Å². The standard InChI is InChI=1S/C23H26FNO7S/c1-23(2,3)14-31-22(28)11-15-4-9-20-19(10-15)25(13-17(32-20)12-21(26)27)33(29,30)18-7-5-16(24)6-8-18/h4-10,17H,11-14H2,1-3H3,(H,26,27)/t17-/m0/s1. The largest absolute Gasteiger partial charge is 0.486 e. The van der Waals surface area contributed by atoms with E-state index in [1.807, 2.05) is 20.8 Å². The van der Waals surface area contributed by atoms with Gasteiger partial charge in [0.2, 0.25) is 0 Å². The Kier molecular flexibility index (Phi) is 6.97. The molecule has 0 aromatic heterocycles. The second kappa shape index (κ2) is 9.38. The smallest absolute Gasteiger partial charge is 0.310 e. The first-order valence-corrected chi connectivity index (χ1v) is 11.7. The number of sulfonamides is 1. The molecule has 0 fully saturated rings. The van der Waals surface area contributed by atoms with Crippen LogP contribution in [0.3, 0.4) is 0 Å². The lowest BCUT2D eigenvalue weighted by Gasteiger charge is -2.35. The molecule has 1 aliphatic rings. The van der Waals surface area contributed by atoms with Gasteiger partial charge in [0.1, 0.15) is 17.7 Å². The molecule has 0 saturated carbocycles. The van der Waals surface area contributed by atoms with E-state index in [2.05, 4.69) is 0 Å². The van der Waals surface area contributed by atoms with Crippen molar-refractivity contribution in [2.24, 2.45) is 5.41 Å². The zero-order valence-electron chi connectivity index (χ0n) is 18.6. The fraction of sp³-hybridized carbons (Fsp3) is 0.391. The summed E-state index contributed by atoms with van der Waals surface area (Å²) in [5.74, 6) is -2.01. The average Bonchev–Trinajstić information content (AvgIpc) is 2.71. The number of halogens is 1. The van der Waals surface area contributed by atoms with Gasteiger partial charge in [-0.3, -0.25) is 13.9 Å². The second-order valence-corrected chi connectivity index (χ2v) is 10.9. The zero-order chi connectivity index (χ0) is 24.4. The van der Waals surface area contributed by atoms with Crippen LogP contribution < -0.4 is 9.04 Å². The molecule has 178 valence electrons. The summed E-state index contributed by atoms with van der Waals surface area (Å²) in [7, 11) is -4.16. The van der Waals surface area contributed by atoms with Gasteiger partial charge in [0.25, 0.3) is 10.0 Å². The van der Waals surface area contributed by atoms with Gasteiger partial charge in [-0.2, -0.15) is 0 Å². The van der Waals surface area contributed by atoms with Crippen molar-refractivity contribution in [3.8, 4) is 5.75 Å². The lowest BCUT2D eigenvalue weighted by molar-refractivity contribution is -0.145. The Morgan fingerprint density at radius 2 is 1.85 bits per heavy atom. The number of rotatable bonds is 7. The molecule has 2 aromatic carbocycles. The lowest BCUT2D eigenvalue weighted by atomic mass is 9.99. The van der Waals surface area contributed by atoms with Crippen molar-refractivity contribution in [1.29, 1.82) is 0 Å². The van der Waals surface area contributed by atoms with Crippen molar-refractivity contribution < 1.29 is 37.0 Å². The molecule has 0 saturated heterocycles. The third kappa shape index (κ3) is 6.22. The molecule has 0 bridgehead atoms. The molecule has 0 amide bonds. The van der Waals surface area contributed by atoms with Gasteiger partial charge in [-0.15, -0.1) is 0 Å². The molecular formula is C23H26FNO7S. The number of nitrogens with zero attached hydrogens (tertiary/aromatic N) is 1. The Labute approximate surface area is 192 Å². The third-order valence-electron chi connectivity index (χ3n) is 4.77. The minimum Gasteiger partial charge on any atom is -0.486 e. The summed E-state index contributed by atoms with van der Waals surface area (Å²) in [6.07, 6.45) is -1.41. The van der Waals surface area contributed by atoms with Crippen LogP contribution >= 0.6 is 0 Å². The van der Waals surface area contributed by atoms with E-state index in [4.69, 9.17) is 14.6 Å². The van der Waals surface area contributed by atoms with E-state index in [0.29, 0.717) is 5.56 Å². The Bertz CT molecular complexity index is 1140. The molecule has 10 heteroatoms. The molecule has 0 spiro atoms. The van der Waals surface area contributed by atoms with Crippen molar-refractivity contribution in [2.75, 3.05) is 17.5 Å². The molecule has 33 heavy (non-hydrogen) atoms. The first kappa shape index (κ1) is 24.5. The number of hydrogen-bond donors (Lipinski definition) is 1. The number of carboxylic acid groups (broad SMARTS) is 1. The summed E-state index contributed by atoms with van der Waals surface area (Å²) in [6, 6.07) is 8.95. The molecule has 3 rings (SSSR count). The van der Waals surface area contributed by atoms with Crippen LogP contribution in [-0.4, -0.2) is 44.7 Å². The minimum absolute atomic E-state index is 0.0770. The fourth-order valence-corrected chi connectivity index (χ4v) is 4.74. The number of anilines is 1. The van der Waals surface area contributed by atoms with Crippen LogP contribution in [0.1, 0.15) is 32.8 Å². The normalized spacial score (nSPS) is 16.0. The van der Waals surface area contributed by atoms with Gasteiger partial charge in [-0.25, -0.2) is 12.8 Å². The maximum atomic E-state index is 13.3. The van der Waals surface area contributed by atoms with Gasteiger partial charge < -0.3 is 14.6 Å². The summed E-state index contributed by atoms with van der Waals surface area (Å²) in [5, 5.41) is 9.16. The average molecular weight is 480 g/mol. The highest BCUT2D eigenvalue weighted by Gasteiger charge is 2.35. The summed E-state index contributed by atoms with van der Waals surface area (Å²) in [6.45, 7) is 5.78. The quantitative estimate of drug-likeness (QED) is 0.606. The van der Waals surface area contributed by atoms with E-state index < -0.39 is 40.3 Å². The fourth-order valence-electron chi connectivity index (χ4n) is 3.24. The van der Waals surface area contributed by atoms with Gasteiger partial charge in [0.15, 0.2) is 0 Å². The first-order chi connectivity index (χ1) is 15.3. The van der Waals surface area contributed by atoms with Gasteiger partial charge in [0, 0.05) is 0 Å². The van der Waals surface area contributed by atoms with Gasteiger partial charge in [-0.05, 0) is 47.4 Å². The van der Waals surface area contributed by atoms with Crippen LogP contribution in [0.2, 0.25) is 0 Å². The van der Waals surface area contributed by atoms with Gasteiger partial charge in [-0.1, -0.05) is 26.8 Å². The molecule has 0 radical (unpaired) electrons. The summed E-state index contributed by atoms with van der Waals surface area (Å²) >= 11 is 0. The predicted octanol–water partition coefficient (Wildman–Crippen LogP) is 3.39. The van der Waals surface area contributed by atoms with Crippen LogP contribution in [0, 0.1) is 11.2 Å². The van der Waals surface area contributed by atoms with E-state index >= 15 is 0 Å². The highest BCUT2D eigenvalue weighted by Crippen LogP contribution is 2.38. The highest BCUT2D eigenvalue weighted by atomic mass is 32.2. The summed E-state index contributed by atoms with van der Waals surface area (Å²) < 4.78 is 52.1. The topological polar surface area (TPSA) is 110 Å². The number of carbonyl (C=O) groups excluding carboxylic acids is 1. The Morgan fingerprint density at radius 3 is 2.45 bits per heavy atom. The molecular weight excluding hydrogens is 453 g/mol. The summed E-state index contributed by atoms with van der Waals surface area (Å²) in [5.41, 5.74) is 0.479. The number of aliphatic carboxylic acids is 1. The van der Waals surface area contributed by atoms with Crippen molar-refractivity contribution in [1.82, 2.24) is 0 Å². The highest BCUT2D eigenvalue weighted by molar-refractivity contribution is 7.92. The van der Waals surface area contributed by atoms with Crippen LogP contribution in [0.5, 0.6) is 5.75 Å². The van der Waals surface area contributed by atoms with E-state index in [0.717, 1.165) is 28.6 Å². The van der Waals surface area contributed by atoms with Crippen LogP contribution in [0.25, 0.3) is 0 Å². The molecule has 1 atom stereocenters. The molecule has 2 aromatic rings. The predicted molar refractivity (Wildman–Crippen MR) is 118 cm³/mol. The monoisotopic (exact) mass is 479 g/mol. The second-order valence-electron chi connectivity index (χ2n) is 9.03. The number of benzene rings is 2. The van der Waals surface area contributed by atoms with E-state index in [1.165, 1.54) is 12.1 Å². The molecule has 8 nitrogen and oxygen atoms in total. The number of hydrogen-bond acceptors (Lipinski definition) is 6. The maximum Gasteiger partial charge on any atom is 0.310 e. The van der Waals surface area contributed by atoms with Crippen molar-refractivity contribution in [3.63, 3.8) is 0 Å². The molecule has 0 unspecified atom stereocenters.